The molecule has 0 N–H and O–H groups in total. The van der Waals surface area contributed by atoms with Crippen LogP contribution >= 0.6 is 23.2 Å². The van der Waals surface area contributed by atoms with Gasteiger partial charge in [-0.25, -0.2) is 0 Å². The van der Waals surface area contributed by atoms with Gasteiger partial charge in [-0.2, -0.15) is 0 Å². The lowest BCUT2D eigenvalue weighted by Gasteiger charge is -2.21. The summed E-state index contributed by atoms with van der Waals surface area (Å²) in [6.07, 6.45) is 0. The van der Waals surface area contributed by atoms with Gasteiger partial charge in [0.05, 0.1) is 6.61 Å². The fourth-order valence-electron chi connectivity index (χ4n) is 0.532. The summed E-state index contributed by atoms with van der Waals surface area (Å²) in [4.78, 5) is 0. The molecule has 0 aromatic rings. The van der Waals surface area contributed by atoms with Crippen LogP contribution in [0.1, 0.15) is 6.92 Å². The Morgan fingerprint density at radius 2 is 1.75 bits per heavy atom. The number of ether oxygens (including phenoxy) is 1. The zero-order valence-electron chi connectivity index (χ0n) is 7.78. The van der Waals surface area contributed by atoms with Crippen LogP contribution in [0.3, 0.4) is 0 Å². The lowest BCUT2D eigenvalue weighted by molar-refractivity contribution is 0.112. The highest BCUT2D eigenvalue weighted by Gasteiger charge is 2.20. The Labute approximate surface area is 84.6 Å². The zero-order chi connectivity index (χ0) is 9.78. The monoisotopic (exact) mass is 228 g/mol. The maximum absolute atomic E-state index is 5.55. The number of hydrogen-bond acceptors (Lipinski definition) is 2. The average molecular weight is 229 g/mol. The minimum Gasteiger partial charge on any atom is -0.518 e. The van der Waals surface area contributed by atoms with Crippen molar-refractivity contribution in [1.82, 2.24) is 0 Å². The second kappa shape index (κ2) is 4.99. The van der Waals surface area contributed by atoms with Gasteiger partial charge in [-0.05, 0) is 26.6 Å². The summed E-state index contributed by atoms with van der Waals surface area (Å²) in [6.45, 7) is 8.45. The molecule has 0 rings (SSSR count). The van der Waals surface area contributed by atoms with E-state index in [1.54, 1.807) is 0 Å². The molecular weight excluding hydrogens is 215 g/mol. The fourth-order valence-corrected chi connectivity index (χ4v) is 1.56. The van der Waals surface area contributed by atoms with Crippen LogP contribution < -0.4 is 0 Å². The second-order valence-corrected chi connectivity index (χ2v) is 8.57. The van der Waals surface area contributed by atoms with Gasteiger partial charge in [-0.1, -0.05) is 23.2 Å². The van der Waals surface area contributed by atoms with Crippen LogP contribution in [0.15, 0.2) is 10.4 Å². The van der Waals surface area contributed by atoms with Crippen molar-refractivity contribution >= 4 is 31.5 Å². The van der Waals surface area contributed by atoms with E-state index in [1.165, 1.54) is 0 Å². The van der Waals surface area contributed by atoms with Crippen molar-refractivity contribution in [3.05, 3.63) is 10.4 Å². The van der Waals surface area contributed by atoms with Crippen molar-refractivity contribution in [3.63, 3.8) is 0 Å². The van der Waals surface area contributed by atoms with Crippen LogP contribution in [-0.4, -0.2) is 14.9 Å². The summed E-state index contributed by atoms with van der Waals surface area (Å²) in [5, 5.41) is 0. The summed E-state index contributed by atoms with van der Waals surface area (Å²) < 4.78 is 10.6. The SMILES string of the molecule is CCOC(O[Si](C)(C)C)=C(Cl)Cl. The van der Waals surface area contributed by atoms with E-state index in [0.717, 1.165) is 0 Å². The van der Waals surface area contributed by atoms with Gasteiger partial charge < -0.3 is 9.16 Å². The van der Waals surface area contributed by atoms with Crippen LogP contribution in [0.2, 0.25) is 19.6 Å². The van der Waals surface area contributed by atoms with Crippen molar-refractivity contribution in [2.75, 3.05) is 6.61 Å². The van der Waals surface area contributed by atoms with Crippen molar-refractivity contribution < 1.29 is 9.16 Å². The predicted octanol–water partition coefficient (Wildman–Crippen LogP) is 3.48. The van der Waals surface area contributed by atoms with E-state index in [4.69, 9.17) is 32.4 Å². The summed E-state index contributed by atoms with van der Waals surface area (Å²) in [7, 11) is -1.67. The molecule has 0 amide bonds. The van der Waals surface area contributed by atoms with E-state index in [0.29, 0.717) is 6.61 Å². The molecule has 0 aliphatic heterocycles. The van der Waals surface area contributed by atoms with Gasteiger partial charge in [-0.3, -0.25) is 0 Å². The molecule has 0 unspecified atom stereocenters. The Morgan fingerprint density at radius 1 is 1.25 bits per heavy atom. The van der Waals surface area contributed by atoms with Crippen LogP contribution in [0.4, 0.5) is 0 Å². The highest BCUT2D eigenvalue weighted by atomic mass is 35.5. The molecule has 0 bridgehead atoms. The van der Waals surface area contributed by atoms with Crippen molar-refractivity contribution in [2.45, 2.75) is 26.6 Å². The van der Waals surface area contributed by atoms with Crippen LogP contribution in [0.5, 0.6) is 0 Å². The second-order valence-electron chi connectivity index (χ2n) is 3.20. The first kappa shape index (κ1) is 12.1. The van der Waals surface area contributed by atoms with E-state index in [-0.39, 0.29) is 10.4 Å². The first-order valence-electron chi connectivity index (χ1n) is 3.74. The summed E-state index contributed by atoms with van der Waals surface area (Å²) in [5.41, 5.74) is 0. The molecule has 0 aromatic heterocycles. The van der Waals surface area contributed by atoms with Crippen LogP contribution in [0, 0.1) is 0 Å². The lowest BCUT2D eigenvalue weighted by atomic mass is 10.8. The van der Waals surface area contributed by atoms with E-state index in [2.05, 4.69) is 0 Å². The molecule has 0 saturated carbocycles. The number of halogens is 2. The third-order valence-electron chi connectivity index (χ3n) is 0.829. The summed E-state index contributed by atoms with van der Waals surface area (Å²) in [6, 6.07) is 0. The Kier molecular flexibility index (Phi) is 5.05. The molecule has 0 spiro atoms. The Hall–Kier alpha value is 0.137. The van der Waals surface area contributed by atoms with E-state index < -0.39 is 8.32 Å². The zero-order valence-corrected chi connectivity index (χ0v) is 10.3. The van der Waals surface area contributed by atoms with Crippen molar-refractivity contribution in [3.8, 4) is 0 Å². The molecule has 0 aliphatic carbocycles. The molecule has 12 heavy (non-hydrogen) atoms. The molecule has 0 aromatic carbocycles. The normalized spacial score (nSPS) is 10.8. The smallest absolute Gasteiger partial charge is 0.297 e. The molecular formula is C7H14Cl2O2Si. The standard InChI is InChI=1S/C7H14Cl2O2Si/c1-5-10-7(6(8)9)11-12(2,3)4/h5H2,1-4H3. The first-order chi connectivity index (χ1) is 5.37. The van der Waals surface area contributed by atoms with E-state index in [9.17, 15) is 0 Å². The summed E-state index contributed by atoms with van der Waals surface area (Å²) >= 11 is 11.1. The fraction of sp³-hybridized carbons (Fsp3) is 0.714. The maximum atomic E-state index is 5.55. The van der Waals surface area contributed by atoms with Gasteiger partial charge in [0.1, 0.15) is 0 Å². The quantitative estimate of drug-likeness (QED) is 0.542. The highest BCUT2D eigenvalue weighted by Crippen LogP contribution is 2.20. The predicted molar refractivity (Wildman–Crippen MR) is 54.8 cm³/mol. The third kappa shape index (κ3) is 5.74. The highest BCUT2D eigenvalue weighted by molar-refractivity contribution is 6.70. The molecule has 0 atom stereocenters. The van der Waals surface area contributed by atoms with E-state index >= 15 is 0 Å². The molecule has 72 valence electrons. The van der Waals surface area contributed by atoms with Gasteiger partial charge in [0, 0.05) is 0 Å². The topological polar surface area (TPSA) is 18.5 Å². The molecule has 0 aliphatic rings. The minimum absolute atomic E-state index is 0.0549. The lowest BCUT2D eigenvalue weighted by Crippen LogP contribution is -2.25. The van der Waals surface area contributed by atoms with Gasteiger partial charge in [0.15, 0.2) is 4.49 Å². The third-order valence-corrected chi connectivity index (χ3v) is 1.93. The van der Waals surface area contributed by atoms with Gasteiger partial charge >= 0.3 is 0 Å². The minimum atomic E-state index is -1.67. The first-order valence-corrected chi connectivity index (χ1v) is 7.90. The van der Waals surface area contributed by atoms with Crippen molar-refractivity contribution in [2.24, 2.45) is 0 Å². The molecule has 0 saturated heterocycles. The molecule has 0 heterocycles. The van der Waals surface area contributed by atoms with Gasteiger partial charge in [0.2, 0.25) is 8.32 Å². The number of hydrogen-bond donors (Lipinski definition) is 0. The largest absolute Gasteiger partial charge is 0.518 e. The van der Waals surface area contributed by atoms with Crippen LogP contribution in [0.25, 0.3) is 0 Å². The Balaban J connectivity index is 4.26. The maximum Gasteiger partial charge on any atom is 0.297 e. The molecule has 0 fully saturated rings. The number of rotatable bonds is 4. The van der Waals surface area contributed by atoms with Crippen LogP contribution in [-0.2, 0) is 9.16 Å². The molecule has 0 radical (unpaired) electrons. The van der Waals surface area contributed by atoms with Crippen molar-refractivity contribution in [1.29, 1.82) is 0 Å². The van der Waals surface area contributed by atoms with Gasteiger partial charge in [-0.15, -0.1) is 0 Å². The molecule has 5 heteroatoms. The van der Waals surface area contributed by atoms with Gasteiger partial charge in [0.25, 0.3) is 5.95 Å². The average Bonchev–Trinajstić information content (AvgIpc) is 1.83. The Bertz CT molecular complexity index is 171. The molecule has 2 nitrogen and oxygen atoms in total. The summed E-state index contributed by atoms with van der Waals surface area (Å²) in [5.74, 6) is 0.250. The Morgan fingerprint density at radius 3 is 2.00 bits per heavy atom. The van der Waals surface area contributed by atoms with E-state index in [1.807, 2.05) is 26.6 Å².